The van der Waals surface area contributed by atoms with Gasteiger partial charge in [0, 0.05) is 6.07 Å². The van der Waals surface area contributed by atoms with E-state index in [1.807, 2.05) is 13.8 Å². The van der Waals surface area contributed by atoms with Crippen molar-refractivity contribution in [1.29, 1.82) is 0 Å². The topological polar surface area (TPSA) is 89.7 Å². The van der Waals surface area contributed by atoms with E-state index < -0.39 is 10.9 Å². The molecular formula is C18H17NO5. The Labute approximate surface area is 139 Å². The molecule has 2 rings (SSSR count). The van der Waals surface area contributed by atoms with Gasteiger partial charge in [-0.15, -0.1) is 0 Å². The molecule has 0 saturated heterocycles. The van der Waals surface area contributed by atoms with Crippen LogP contribution in [0.5, 0.6) is 5.75 Å². The normalized spacial score (nSPS) is 11.2. The summed E-state index contributed by atoms with van der Waals surface area (Å²) in [5, 5.41) is 20.6. The lowest BCUT2D eigenvalue weighted by Crippen LogP contribution is -2.02. The molecule has 0 radical (unpaired) electrons. The first kappa shape index (κ1) is 17.2. The number of benzene rings is 2. The van der Waals surface area contributed by atoms with Crippen molar-refractivity contribution in [2.45, 2.75) is 13.8 Å². The van der Waals surface area contributed by atoms with Gasteiger partial charge in [0.15, 0.2) is 0 Å². The average molecular weight is 327 g/mol. The second-order valence-electron chi connectivity index (χ2n) is 5.09. The highest BCUT2D eigenvalue weighted by molar-refractivity contribution is 6.21. The molecule has 0 unspecified atom stereocenters. The number of carboxylic acid groups (broad SMARTS) is 1. The van der Waals surface area contributed by atoms with Crippen LogP contribution in [-0.4, -0.2) is 22.6 Å². The van der Waals surface area contributed by atoms with Gasteiger partial charge in [-0.25, -0.2) is 4.79 Å². The average Bonchev–Trinajstić information content (AvgIpc) is 2.54. The van der Waals surface area contributed by atoms with Gasteiger partial charge in [-0.3, -0.25) is 10.1 Å². The standard InChI is InChI=1S/C18H17NO5/c1-3-24-17-9-8-13(10-12(17)2)15(18(20)21)11-14-6-4-5-7-16(14)19(22)23/h4-11H,3H2,1-2H3,(H,20,21)/b15-11-. The van der Waals surface area contributed by atoms with Crippen molar-refractivity contribution >= 4 is 23.3 Å². The summed E-state index contributed by atoms with van der Waals surface area (Å²) in [6.45, 7) is 4.20. The third-order valence-corrected chi connectivity index (χ3v) is 3.45. The Hall–Kier alpha value is -3.15. The molecular weight excluding hydrogens is 310 g/mol. The molecule has 0 atom stereocenters. The maximum absolute atomic E-state index is 11.6. The van der Waals surface area contributed by atoms with Gasteiger partial charge in [0.1, 0.15) is 5.75 Å². The third kappa shape index (κ3) is 3.78. The van der Waals surface area contributed by atoms with Gasteiger partial charge < -0.3 is 9.84 Å². The number of hydrogen-bond donors (Lipinski definition) is 1. The maximum Gasteiger partial charge on any atom is 0.336 e. The van der Waals surface area contributed by atoms with E-state index >= 15 is 0 Å². The molecule has 0 saturated carbocycles. The summed E-state index contributed by atoms with van der Waals surface area (Å²) >= 11 is 0. The van der Waals surface area contributed by atoms with E-state index in [9.17, 15) is 20.0 Å². The number of nitrogens with zero attached hydrogens (tertiary/aromatic N) is 1. The molecule has 2 aromatic rings. The van der Waals surface area contributed by atoms with E-state index in [2.05, 4.69) is 0 Å². The first-order valence-corrected chi connectivity index (χ1v) is 7.36. The van der Waals surface area contributed by atoms with E-state index in [-0.39, 0.29) is 16.8 Å². The summed E-state index contributed by atoms with van der Waals surface area (Å²) in [7, 11) is 0. The van der Waals surface area contributed by atoms with E-state index in [1.54, 1.807) is 24.3 Å². The van der Waals surface area contributed by atoms with Gasteiger partial charge in [-0.05, 0) is 49.2 Å². The first-order chi connectivity index (χ1) is 11.4. The van der Waals surface area contributed by atoms with Crippen molar-refractivity contribution in [1.82, 2.24) is 0 Å². The molecule has 0 aliphatic carbocycles. The van der Waals surface area contributed by atoms with Gasteiger partial charge in [0.2, 0.25) is 0 Å². The largest absolute Gasteiger partial charge is 0.494 e. The van der Waals surface area contributed by atoms with Crippen molar-refractivity contribution in [3.8, 4) is 5.75 Å². The van der Waals surface area contributed by atoms with Gasteiger partial charge in [0.25, 0.3) is 5.69 Å². The van der Waals surface area contributed by atoms with Crippen LogP contribution in [-0.2, 0) is 4.79 Å². The minimum atomic E-state index is -1.16. The molecule has 0 spiro atoms. The number of hydrogen-bond acceptors (Lipinski definition) is 4. The van der Waals surface area contributed by atoms with Crippen molar-refractivity contribution in [3.05, 3.63) is 69.3 Å². The summed E-state index contributed by atoms with van der Waals surface area (Å²) in [5.74, 6) is -0.478. The quantitative estimate of drug-likeness (QED) is 0.376. The van der Waals surface area contributed by atoms with Crippen LogP contribution in [0.4, 0.5) is 5.69 Å². The van der Waals surface area contributed by atoms with Crippen LogP contribution in [0.1, 0.15) is 23.6 Å². The van der Waals surface area contributed by atoms with Crippen LogP contribution >= 0.6 is 0 Å². The van der Waals surface area contributed by atoms with Crippen LogP contribution in [0.25, 0.3) is 11.6 Å². The van der Waals surface area contributed by atoms with Crippen LogP contribution in [0.3, 0.4) is 0 Å². The number of ether oxygens (including phenoxy) is 1. The fourth-order valence-corrected chi connectivity index (χ4v) is 2.33. The molecule has 0 amide bonds. The number of aryl methyl sites for hydroxylation is 1. The molecule has 0 fully saturated rings. The van der Waals surface area contributed by atoms with Crippen molar-refractivity contribution < 1.29 is 19.6 Å². The summed E-state index contributed by atoms with van der Waals surface area (Å²) in [6, 6.07) is 11.0. The van der Waals surface area contributed by atoms with Crippen molar-refractivity contribution in [3.63, 3.8) is 0 Å². The predicted octanol–water partition coefficient (Wildman–Crippen LogP) is 3.93. The van der Waals surface area contributed by atoms with Gasteiger partial charge in [0.05, 0.1) is 22.7 Å². The van der Waals surface area contributed by atoms with Gasteiger partial charge >= 0.3 is 5.97 Å². The monoisotopic (exact) mass is 327 g/mol. The molecule has 0 aliphatic heterocycles. The van der Waals surface area contributed by atoms with E-state index in [0.717, 1.165) is 5.56 Å². The molecule has 0 bridgehead atoms. The highest BCUT2D eigenvalue weighted by Crippen LogP contribution is 2.28. The molecule has 124 valence electrons. The molecule has 6 heteroatoms. The van der Waals surface area contributed by atoms with Crippen LogP contribution in [0.2, 0.25) is 0 Å². The van der Waals surface area contributed by atoms with Crippen molar-refractivity contribution in [2.75, 3.05) is 6.61 Å². The summed E-state index contributed by atoms with van der Waals surface area (Å²) < 4.78 is 5.44. The molecule has 0 heterocycles. The number of carboxylic acids is 1. The molecule has 0 aromatic heterocycles. The minimum absolute atomic E-state index is 0.0181. The highest BCUT2D eigenvalue weighted by Gasteiger charge is 2.16. The lowest BCUT2D eigenvalue weighted by Gasteiger charge is -2.10. The smallest absolute Gasteiger partial charge is 0.336 e. The van der Waals surface area contributed by atoms with Crippen molar-refractivity contribution in [2.24, 2.45) is 0 Å². The number of para-hydroxylation sites is 1. The Balaban J connectivity index is 2.53. The lowest BCUT2D eigenvalue weighted by molar-refractivity contribution is -0.385. The Bertz CT molecular complexity index is 811. The van der Waals surface area contributed by atoms with Crippen LogP contribution < -0.4 is 4.74 Å². The molecule has 0 aliphatic rings. The van der Waals surface area contributed by atoms with Crippen LogP contribution in [0.15, 0.2) is 42.5 Å². The van der Waals surface area contributed by atoms with Gasteiger partial charge in [-0.1, -0.05) is 18.2 Å². The number of nitro groups is 1. The number of rotatable bonds is 6. The second-order valence-corrected chi connectivity index (χ2v) is 5.09. The Morgan fingerprint density at radius 2 is 2.00 bits per heavy atom. The summed E-state index contributed by atoms with van der Waals surface area (Å²) in [5.41, 5.74) is 1.34. The number of carbonyl (C=O) groups is 1. The van der Waals surface area contributed by atoms with E-state index in [0.29, 0.717) is 17.9 Å². The zero-order valence-corrected chi connectivity index (χ0v) is 13.4. The Morgan fingerprint density at radius 3 is 2.58 bits per heavy atom. The number of nitro benzene ring substituents is 1. The van der Waals surface area contributed by atoms with Crippen LogP contribution in [0, 0.1) is 17.0 Å². The van der Waals surface area contributed by atoms with Gasteiger partial charge in [-0.2, -0.15) is 0 Å². The van der Waals surface area contributed by atoms with E-state index in [4.69, 9.17) is 4.74 Å². The predicted molar refractivity (Wildman–Crippen MR) is 91.0 cm³/mol. The zero-order valence-electron chi connectivity index (χ0n) is 13.4. The second kappa shape index (κ2) is 7.41. The molecule has 2 aromatic carbocycles. The third-order valence-electron chi connectivity index (χ3n) is 3.45. The first-order valence-electron chi connectivity index (χ1n) is 7.36. The summed E-state index contributed by atoms with van der Waals surface area (Å²) in [6.07, 6.45) is 1.32. The SMILES string of the molecule is CCOc1ccc(/C(=C/c2ccccc2[N+](=O)[O-])C(=O)O)cc1C. The fraction of sp³-hybridized carbons (Fsp3) is 0.167. The maximum atomic E-state index is 11.6. The zero-order chi connectivity index (χ0) is 17.7. The lowest BCUT2D eigenvalue weighted by atomic mass is 10.00. The minimum Gasteiger partial charge on any atom is -0.494 e. The summed E-state index contributed by atoms with van der Waals surface area (Å²) in [4.78, 5) is 22.2. The molecule has 1 N–H and O–H groups in total. The fourth-order valence-electron chi connectivity index (χ4n) is 2.33. The van der Waals surface area contributed by atoms with E-state index in [1.165, 1.54) is 24.3 Å². The highest BCUT2D eigenvalue weighted by atomic mass is 16.6. The molecule has 24 heavy (non-hydrogen) atoms. The number of aliphatic carboxylic acids is 1. The molecule has 6 nitrogen and oxygen atoms in total. The Kier molecular flexibility index (Phi) is 5.31. The Morgan fingerprint density at radius 1 is 1.29 bits per heavy atom.